The molecular formula is C14H15FN2O2. The first kappa shape index (κ1) is 13.4. The van der Waals surface area contributed by atoms with Gasteiger partial charge in [0, 0.05) is 12.6 Å². The largest absolute Gasteiger partial charge is 0.426 e. The number of esters is 1. The van der Waals surface area contributed by atoms with E-state index in [0.717, 1.165) is 5.71 Å². The van der Waals surface area contributed by atoms with Crippen molar-refractivity contribution in [2.24, 2.45) is 22.0 Å². The Bertz CT molecular complexity index is 521. The zero-order valence-electron chi connectivity index (χ0n) is 10.8. The number of nitrogens with zero attached hydrogens (tertiary/aromatic N) is 2. The second-order valence-corrected chi connectivity index (χ2v) is 4.64. The fourth-order valence-electron chi connectivity index (χ4n) is 1.88. The van der Waals surface area contributed by atoms with Crippen LogP contribution in [-0.2, 0) is 4.79 Å². The molecule has 1 aliphatic heterocycles. The van der Waals surface area contributed by atoms with E-state index >= 15 is 0 Å². The van der Waals surface area contributed by atoms with Gasteiger partial charge in [0.1, 0.15) is 17.5 Å². The highest BCUT2D eigenvalue weighted by Crippen LogP contribution is 2.20. The van der Waals surface area contributed by atoms with E-state index in [-0.39, 0.29) is 17.7 Å². The van der Waals surface area contributed by atoms with Crippen LogP contribution in [0.2, 0.25) is 0 Å². The molecule has 0 aromatic heterocycles. The fourth-order valence-corrected chi connectivity index (χ4v) is 1.88. The Labute approximate surface area is 111 Å². The first-order valence-corrected chi connectivity index (χ1v) is 6.14. The third-order valence-corrected chi connectivity index (χ3v) is 2.86. The van der Waals surface area contributed by atoms with Crippen molar-refractivity contribution >= 4 is 17.9 Å². The first-order chi connectivity index (χ1) is 9.08. The first-order valence-electron chi connectivity index (χ1n) is 6.14. The summed E-state index contributed by atoms with van der Waals surface area (Å²) in [6.45, 7) is 3.91. The summed E-state index contributed by atoms with van der Waals surface area (Å²) in [6, 6.07) is 5.36. The maximum Gasteiger partial charge on any atom is 0.320 e. The van der Waals surface area contributed by atoms with Gasteiger partial charge in [-0.2, -0.15) is 10.2 Å². The van der Waals surface area contributed by atoms with Crippen molar-refractivity contribution in [3.8, 4) is 5.75 Å². The SMILES string of the molecule is CC(C)C1=NN=CCC1C(=O)Oc1ccc(F)cc1. The summed E-state index contributed by atoms with van der Waals surface area (Å²) in [7, 11) is 0. The Morgan fingerprint density at radius 1 is 1.37 bits per heavy atom. The van der Waals surface area contributed by atoms with Gasteiger partial charge in [0.05, 0.1) is 5.71 Å². The van der Waals surface area contributed by atoms with Crippen molar-refractivity contribution in [3.05, 3.63) is 30.1 Å². The highest BCUT2D eigenvalue weighted by molar-refractivity contribution is 6.06. The second-order valence-electron chi connectivity index (χ2n) is 4.64. The standard InChI is InChI=1S/C14H15FN2O2/c1-9(2)13-12(7-8-16-17-13)14(18)19-11-5-3-10(15)4-6-11/h3-6,8-9,12H,7H2,1-2H3. The lowest BCUT2D eigenvalue weighted by atomic mass is 9.91. The van der Waals surface area contributed by atoms with Crippen molar-refractivity contribution in [1.29, 1.82) is 0 Å². The van der Waals surface area contributed by atoms with E-state index in [1.165, 1.54) is 24.3 Å². The summed E-state index contributed by atoms with van der Waals surface area (Å²) in [5.41, 5.74) is 0.717. The van der Waals surface area contributed by atoms with Crippen LogP contribution in [0.25, 0.3) is 0 Å². The molecule has 0 fully saturated rings. The van der Waals surface area contributed by atoms with Gasteiger partial charge >= 0.3 is 5.97 Å². The molecule has 1 aromatic rings. The van der Waals surface area contributed by atoms with Crippen LogP contribution in [0.4, 0.5) is 4.39 Å². The zero-order valence-corrected chi connectivity index (χ0v) is 10.8. The lowest BCUT2D eigenvalue weighted by molar-refractivity contribution is -0.136. The van der Waals surface area contributed by atoms with Crippen molar-refractivity contribution in [3.63, 3.8) is 0 Å². The van der Waals surface area contributed by atoms with E-state index in [9.17, 15) is 9.18 Å². The minimum absolute atomic E-state index is 0.128. The lowest BCUT2D eigenvalue weighted by Gasteiger charge is -2.20. The number of ether oxygens (including phenoxy) is 1. The molecular weight excluding hydrogens is 247 g/mol. The molecule has 100 valence electrons. The number of carbonyl (C=O) groups excluding carboxylic acids is 1. The number of halogens is 1. The van der Waals surface area contributed by atoms with Crippen LogP contribution in [0.5, 0.6) is 5.75 Å². The van der Waals surface area contributed by atoms with Crippen LogP contribution in [-0.4, -0.2) is 17.9 Å². The van der Waals surface area contributed by atoms with E-state index in [4.69, 9.17) is 4.74 Å². The van der Waals surface area contributed by atoms with Gasteiger partial charge in [-0.3, -0.25) is 4.79 Å². The summed E-state index contributed by atoms with van der Waals surface area (Å²) >= 11 is 0. The van der Waals surface area contributed by atoms with Crippen LogP contribution in [0, 0.1) is 17.7 Å². The molecule has 19 heavy (non-hydrogen) atoms. The molecule has 0 radical (unpaired) electrons. The van der Waals surface area contributed by atoms with E-state index in [2.05, 4.69) is 10.2 Å². The molecule has 0 aliphatic carbocycles. The highest BCUT2D eigenvalue weighted by Gasteiger charge is 2.29. The maximum atomic E-state index is 12.8. The van der Waals surface area contributed by atoms with E-state index in [0.29, 0.717) is 12.2 Å². The van der Waals surface area contributed by atoms with Crippen LogP contribution < -0.4 is 4.74 Å². The van der Waals surface area contributed by atoms with Gasteiger partial charge in [0.2, 0.25) is 0 Å². The van der Waals surface area contributed by atoms with E-state index in [1.54, 1.807) is 6.21 Å². The quantitative estimate of drug-likeness (QED) is 0.621. The molecule has 0 bridgehead atoms. The van der Waals surface area contributed by atoms with Gasteiger partial charge in [0.25, 0.3) is 0 Å². The topological polar surface area (TPSA) is 51.0 Å². The molecule has 0 saturated carbocycles. The third-order valence-electron chi connectivity index (χ3n) is 2.86. The molecule has 0 N–H and O–H groups in total. The smallest absolute Gasteiger partial charge is 0.320 e. The minimum atomic E-state index is -0.414. The van der Waals surface area contributed by atoms with Crippen LogP contribution in [0.15, 0.2) is 34.5 Å². The van der Waals surface area contributed by atoms with Crippen molar-refractivity contribution in [2.75, 3.05) is 0 Å². The summed E-state index contributed by atoms with van der Waals surface area (Å²) in [6.07, 6.45) is 2.08. The summed E-state index contributed by atoms with van der Waals surface area (Å²) in [4.78, 5) is 12.1. The molecule has 4 nitrogen and oxygen atoms in total. The maximum absolute atomic E-state index is 12.8. The highest BCUT2D eigenvalue weighted by atomic mass is 19.1. The zero-order chi connectivity index (χ0) is 13.8. The summed E-state index contributed by atoms with van der Waals surface area (Å²) in [5.74, 6) is -0.706. The predicted molar refractivity (Wildman–Crippen MR) is 70.9 cm³/mol. The molecule has 2 rings (SSSR count). The fraction of sp³-hybridized carbons (Fsp3) is 0.357. The number of carbonyl (C=O) groups is 1. The molecule has 0 saturated heterocycles. The van der Waals surface area contributed by atoms with Crippen molar-refractivity contribution in [2.45, 2.75) is 20.3 Å². The summed E-state index contributed by atoms with van der Waals surface area (Å²) in [5, 5.41) is 7.85. The van der Waals surface area contributed by atoms with Gasteiger partial charge in [0.15, 0.2) is 0 Å². The van der Waals surface area contributed by atoms with Crippen molar-refractivity contribution < 1.29 is 13.9 Å². The minimum Gasteiger partial charge on any atom is -0.426 e. The number of hydrogen-bond acceptors (Lipinski definition) is 4. The monoisotopic (exact) mass is 262 g/mol. The molecule has 1 atom stereocenters. The van der Waals surface area contributed by atoms with Gasteiger partial charge in [-0.15, -0.1) is 0 Å². The Morgan fingerprint density at radius 3 is 2.68 bits per heavy atom. The Morgan fingerprint density at radius 2 is 2.05 bits per heavy atom. The number of hydrogen-bond donors (Lipinski definition) is 0. The van der Waals surface area contributed by atoms with Crippen LogP contribution >= 0.6 is 0 Å². The average molecular weight is 262 g/mol. The molecule has 1 aromatic carbocycles. The molecule has 5 heteroatoms. The van der Waals surface area contributed by atoms with Gasteiger partial charge in [-0.1, -0.05) is 13.8 Å². The Hall–Kier alpha value is -2.04. The number of benzene rings is 1. The molecule has 1 unspecified atom stereocenters. The molecule has 0 spiro atoms. The Kier molecular flexibility index (Phi) is 4.04. The van der Waals surface area contributed by atoms with E-state index in [1.807, 2.05) is 13.8 Å². The number of rotatable bonds is 3. The lowest BCUT2D eigenvalue weighted by Crippen LogP contribution is -2.32. The second kappa shape index (κ2) is 5.73. The Balaban J connectivity index is 2.09. The molecule has 1 aliphatic rings. The van der Waals surface area contributed by atoms with E-state index < -0.39 is 5.92 Å². The normalized spacial score (nSPS) is 18.3. The van der Waals surface area contributed by atoms with Crippen molar-refractivity contribution in [1.82, 2.24) is 0 Å². The summed E-state index contributed by atoms with van der Waals surface area (Å²) < 4.78 is 18.0. The van der Waals surface area contributed by atoms with Gasteiger partial charge < -0.3 is 4.74 Å². The predicted octanol–water partition coefficient (Wildman–Crippen LogP) is 2.83. The van der Waals surface area contributed by atoms with Crippen LogP contribution in [0.1, 0.15) is 20.3 Å². The third kappa shape index (κ3) is 3.24. The molecule has 1 heterocycles. The molecule has 0 amide bonds. The van der Waals surface area contributed by atoms with Crippen LogP contribution in [0.3, 0.4) is 0 Å². The average Bonchev–Trinajstić information content (AvgIpc) is 2.41. The van der Waals surface area contributed by atoms with Gasteiger partial charge in [-0.25, -0.2) is 4.39 Å². The van der Waals surface area contributed by atoms with Gasteiger partial charge in [-0.05, 0) is 30.2 Å².